The fourth-order valence-electron chi connectivity index (χ4n) is 1.38. The van der Waals surface area contributed by atoms with Crippen LogP contribution in [0, 0.1) is 0 Å². The minimum atomic E-state index is 0.887. The van der Waals surface area contributed by atoms with Gasteiger partial charge in [0.2, 0.25) is 0 Å². The maximum Gasteiger partial charge on any atom is 0.0941 e. The molecule has 0 spiro atoms. The Morgan fingerprint density at radius 2 is 2.20 bits per heavy atom. The summed E-state index contributed by atoms with van der Waals surface area (Å²) in [7, 11) is 0. The highest BCUT2D eigenvalue weighted by Crippen LogP contribution is 2.23. The van der Waals surface area contributed by atoms with E-state index in [0.717, 1.165) is 23.7 Å². The van der Waals surface area contributed by atoms with Gasteiger partial charge in [-0.3, -0.25) is 0 Å². The van der Waals surface area contributed by atoms with E-state index >= 15 is 0 Å². The molecule has 3 heteroatoms. The summed E-state index contributed by atoms with van der Waals surface area (Å²) >= 11 is 5.19. The average molecular weight is 282 g/mol. The Hall–Kier alpha value is -0.670. The SMILES string of the molecule is C=C(CBr)CCc1nc2ccccc2s1. The second kappa shape index (κ2) is 4.90. The summed E-state index contributed by atoms with van der Waals surface area (Å²) in [6, 6.07) is 8.27. The van der Waals surface area contributed by atoms with Crippen molar-refractivity contribution < 1.29 is 0 Å². The summed E-state index contributed by atoms with van der Waals surface area (Å²) in [5.74, 6) is 0. The van der Waals surface area contributed by atoms with Crippen LogP contribution in [-0.2, 0) is 6.42 Å². The zero-order valence-electron chi connectivity index (χ0n) is 8.37. The van der Waals surface area contributed by atoms with Crippen LogP contribution in [-0.4, -0.2) is 10.3 Å². The Bertz CT molecular complexity index is 442. The van der Waals surface area contributed by atoms with Gasteiger partial charge in [0.05, 0.1) is 15.2 Å². The standard InChI is InChI=1S/C12H12BrNS/c1-9(8-13)6-7-12-14-10-4-2-3-5-11(10)15-12/h2-5H,1,6-8H2. The molecular weight excluding hydrogens is 270 g/mol. The molecule has 78 valence electrons. The third-order valence-electron chi connectivity index (χ3n) is 2.22. The highest BCUT2D eigenvalue weighted by molar-refractivity contribution is 9.09. The number of hydrogen-bond acceptors (Lipinski definition) is 2. The quantitative estimate of drug-likeness (QED) is 0.605. The summed E-state index contributed by atoms with van der Waals surface area (Å²) in [5.41, 5.74) is 2.34. The van der Waals surface area contributed by atoms with E-state index in [1.165, 1.54) is 15.3 Å². The zero-order chi connectivity index (χ0) is 10.7. The van der Waals surface area contributed by atoms with Crippen LogP contribution >= 0.6 is 27.3 Å². The van der Waals surface area contributed by atoms with Gasteiger partial charge in [0.15, 0.2) is 0 Å². The van der Waals surface area contributed by atoms with Crippen LogP contribution in [0.4, 0.5) is 0 Å². The van der Waals surface area contributed by atoms with E-state index in [4.69, 9.17) is 0 Å². The fourth-order valence-corrected chi connectivity index (χ4v) is 2.62. The molecule has 2 aromatic rings. The number of thiazole rings is 1. The summed E-state index contributed by atoms with van der Waals surface area (Å²) in [6.45, 7) is 3.97. The number of fused-ring (bicyclic) bond motifs is 1. The van der Waals surface area contributed by atoms with E-state index in [1.54, 1.807) is 11.3 Å². The maximum atomic E-state index is 4.58. The summed E-state index contributed by atoms with van der Waals surface area (Å²) in [6.07, 6.45) is 2.02. The van der Waals surface area contributed by atoms with Crippen molar-refractivity contribution >= 4 is 37.5 Å². The molecule has 0 bridgehead atoms. The Labute approximate surface area is 102 Å². The molecule has 0 saturated carbocycles. The van der Waals surface area contributed by atoms with Gasteiger partial charge in [-0.2, -0.15) is 0 Å². The van der Waals surface area contributed by atoms with Gasteiger partial charge in [-0.1, -0.05) is 40.2 Å². The Morgan fingerprint density at radius 3 is 2.93 bits per heavy atom. The molecule has 15 heavy (non-hydrogen) atoms. The molecule has 1 aromatic heterocycles. The van der Waals surface area contributed by atoms with Crippen molar-refractivity contribution in [1.29, 1.82) is 0 Å². The smallest absolute Gasteiger partial charge is 0.0941 e. The van der Waals surface area contributed by atoms with Crippen molar-refractivity contribution in [2.45, 2.75) is 12.8 Å². The lowest BCUT2D eigenvalue weighted by molar-refractivity contribution is 0.941. The first-order chi connectivity index (χ1) is 7.29. The van der Waals surface area contributed by atoms with E-state index in [1.807, 2.05) is 6.07 Å². The number of aromatic nitrogens is 1. The first-order valence-corrected chi connectivity index (χ1v) is 6.80. The van der Waals surface area contributed by atoms with Crippen LogP contribution < -0.4 is 0 Å². The molecule has 0 saturated heterocycles. The highest BCUT2D eigenvalue weighted by atomic mass is 79.9. The van der Waals surface area contributed by atoms with Gasteiger partial charge in [-0.05, 0) is 18.6 Å². The molecule has 2 rings (SSSR count). The first kappa shape index (κ1) is 10.8. The lowest BCUT2D eigenvalue weighted by atomic mass is 10.2. The average Bonchev–Trinajstić information content (AvgIpc) is 2.68. The van der Waals surface area contributed by atoms with Gasteiger partial charge in [0.1, 0.15) is 0 Å². The van der Waals surface area contributed by atoms with Crippen molar-refractivity contribution in [2.75, 3.05) is 5.33 Å². The molecule has 1 aromatic carbocycles. The van der Waals surface area contributed by atoms with E-state index in [2.05, 4.69) is 45.7 Å². The summed E-state index contributed by atoms with van der Waals surface area (Å²) in [4.78, 5) is 4.58. The second-order valence-corrected chi connectivity index (χ2v) is 5.13. The van der Waals surface area contributed by atoms with Gasteiger partial charge in [-0.25, -0.2) is 4.98 Å². The maximum absolute atomic E-state index is 4.58. The largest absolute Gasteiger partial charge is 0.241 e. The topological polar surface area (TPSA) is 12.9 Å². The molecule has 0 aliphatic heterocycles. The molecular formula is C12H12BrNS. The minimum Gasteiger partial charge on any atom is -0.241 e. The number of benzene rings is 1. The first-order valence-electron chi connectivity index (χ1n) is 4.86. The minimum absolute atomic E-state index is 0.887. The molecule has 0 N–H and O–H groups in total. The number of alkyl halides is 1. The molecule has 0 atom stereocenters. The predicted octanol–water partition coefficient (Wildman–Crippen LogP) is 4.18. The van der Waals surface area contributed by atoms with Gasteiger partial charge in [0.25, 0.3) is 0 Å². The summed E-state index contributed by atoms with van der Waals surface area (Å²) < 4.78 is 1.27. The van der Waals surface area contributed by atoms with Crippen LogP contribution in [0.5, 0.6) is 0 Å². The van der Waals surface area contributed by atoms with E-state index in [0.29, 0.717) is 0 Å². The van der Waals surface area contributed by atoms with Gasteiger partial charge < -0.3 is 0 Å². The fraction of sp³-hybridized carbons (Fsp3) is 0.250. The van der Waals surface area contributed by atoms with Crippen molar-refractivity contribution in [3.63, 3.8) is 0 Å². The number of halogens is 1. The van der Waals surface area contributed by atoms with E-state index in [9.17, 15) is 0 Å². The molecule has 0 aliphatic carbocycles. The van der Waals surface area contributed by atoms with Crippen LogP contribution in [0.1, 0.15) is 11.4 Å². The van der Waals surface area contributed by atoms with Gasteiger partial charge >= 0.3 is 0 Å². The molecule has 0 fully saturated rings. The Balaban J connectivity index is 2.12. The number of aryl methyl sites for hydroxylation is 1. The Kier molecular flexibility index (Phi) is 3.54. The normalized spacial score (nSPS) is 10.7. The zero-order valence-corrected chi connectivity index (χ0v) is 10.8. The van der Waals surface area contributed by atoms with Gasteiger partial charge in [-0.15, -0.1) is 11.3 Å². The lowest BCUT2D eigenvalue weighted by Crippen LogP contribution is -1.87. The molecule has 0 radical (unpaired) electrons. The van der Waals surface area contributed by atoms with Crippen LogP contribution in [0.25, 0.3) is 10.2 Å². The number of nitrogens with zero attached hydrogens (tertiary/aromatic N) is 1. The van der Waals surface area contributed by atoms with Gasteiger partial charge in [0, 0.05) is 11.8 Å². The molecule has 0 unspecified atom stereocenters. The van der Waals surface area contributed by atoms with Crippen molar-refractivity contribution in [3.8, 4) is 0 Å². The molecule has 1 nitrogen and oxygen atoms in total. The third kappa shape index (κ3) is 2.67. The molecule has 0 amide bonds. The number of hydrogen-bond donors (Lipinski definition) is 0. The number of allylic oxidation sites excluding steroid dienone is 1. The molecule has 0 aliphatic rings. The summed E-state index contributed by atoms with van der Waals surface area (Å²) in [5, 5.41) is 2.09. The van der Waals surface area contributed by atoms with Crippen LogP contribution in [0.3, 0.4) is 0 Å². The number of rotatable bonds is 4. The van der Waals surface area contributed by atoms with Crippen LogP contribution in [0.15, 0.2) is 36.4 Å². The lowest BCUT2D eigenvalue weighted by Gasteiger charge is -1.97. The predicted molar refractivity (Wildman–Crippen MR) is 70.9 cm³/mol. The van der Waals surface area contributed by atoms with Crippen molar-refractivity contribution in [3.05, 3.63) is 41.4 Å². The number of para-hydroxylation sites is 1. The highest BCUT2D eigenvalue weighted by Gasteiger charge is 2.03. The van der Waals surface area contributed by atoms with E-state index < -0.39 is 0 Å². The Morgan fingerprint density at radius 1 is 1.40 bits per heavy atom. The van der Waals surface area contributed by atoms with Crippen molar-refractivity contribution in [2.24, 2.45) is 0 Å². The third-order valence-corrected chi connectivity index (χ3v) is 4.11. The van der Waals surface area contributed by atoms with E-state index in [-0.39, 0.29) is 0 Å². The second-order valence-electron chi connectivity index (χ2n) is 3.46. The monoisotopic (exact) mass is 281 g/mol. The molecule has 1 heterocycles. The van der Waals surface area contributed by atoms with Crippen molar-refractivity contribution in [1.82, 2.24) is 4.98 Å². The van der Waals surface area contributed by atoms with Crippen LogP contribution in [0.2, 0.25) is 0 Å².